The van der Waals surface area contributed by atoms with Crippen molar-refractivity contribution >= 4 is 0 Å². The molecule has 2 aromatic heterocycles. The first kappa shape index (κ1) is 13.2. The molecule has 92 valence electrons. The van der Waals surface area contributed by atoms with Crippen molar-refractivity contribution in [3.8, 4) is 11.3 Å². The van der Waals surface area contributed by atoms with E-state index in [9.17, 15) is 13.2 Å². The quantitative estimate of drug-likeness (QED) is 0.832. The van der Waals surface area contributed by atoms with Crippen molar-refractivity contribution in [3.63, 3.8) is 0 Å². The number of pyridine rings is 1. The smallest absolute Gasteiger partial charge is 0.345 e. The number of alkyl halides is 3. The third kappa shape index (κ3) is 3.30. The number of hydrogen-bond donors (Lipinski definition) is 1. The van der Waals surface area contributed by atoms with E-state index in [2.05, 4.69) is 15.0 Å². The van der Waals surface area contributed by atoms with Crippen molar-refractivity contribution in [1.82, 2.24) is 15.0 Å². The summed E-state index contributed by atoms with van der Waals surface area (Å²) in [6, 6.07) is 2.47. The fourth-order valence-corrected chi connectivity index (χ4v) is 1.17. The number of hydrogen-bond acceptors (Lipinski definition) is 2. The van der Waals surface area contributed by atoms with E-state index in [1.54, 1.807) is 0 Å². The summed E-state index contributed by atoms with van der Waals surface area (Å²) in [5.41, 5.74) is 0.0346. The maximum absolute atomic E-state index is 12.3. The number of aromatic amines is 1. The molecule has 0 saturated heterocycles. The molecule has 2 rings (SSSR count). The van der Waals surface area contributed by atoms with Crippen LogP contribution in [0, 0.1) is 0 Å². The zero-order chi connectivity index (χ0) is 12.9. The zero-order valence-corrected chi connectivity index (χ0v) is 9.42. The number of nitrogens with zero attached hydrogens (tertiary/aromatic N) is 2. The Morgan fingerprint density at radius 2 is 1.94 bits per heavy atom. The highest BCUT2D eigenvalue weighted by atomic mass is 19.4. The molecule has 0 atom stereocenters. The van der Waals surface area contributed by atoms with Crippen LogP contribution in [0.5, 0.6) is 0 Å². The summed E-state index contributed by atoms with van der Waals surface area (Å²) < 4.78 is 37.0. The Bertz CT molecular complexity index is 449. The number of aromatic nitrogens is 3. The maximum atomic E-state index is 12.3. The van der Waals surface area contributed by atoms with E-state index in [4.69, 9.17) is 0 Å². The molecule has 6 heteroatoms. The summed E-state index contributed by atoms with van der Waals surface area (Å²) in [5.74, 6) is 0. The Morgan fingerprint density at radius 3 is 2.47 bits per heavy atom. The first-order valence-electron chi connectivity index (χ1n) is 5.09. The molecule has 2 aromatic rings. The minimum Gasteiger partial charge on any atom is -0.345 e. The molecule has 0 aliphatic rings. The van der Waals surface area contributed by atoms with Crippen LogP contribution in [-0.2, 0) is 6.18 Å². The van der Waals surface area contributed by atoms with Crippen molar-refractivity contribution in [2.24, 2.45) is 0 Å². The SMILES string of the molecule is CC.FC(F)(F)c1cc(-c2cnc[nH]2)ccn1. The van der Waals surface area contributed by atoms with Gasteiger partial charge in [-0.15, -0.1) is 0 Å². The van der Waals surface area contributed by atoms with E-state index in [-0.39, 0.29) is 0 Å². The lowest BCUT2D eigenvalue weighted by Gasteiger charge is -2.06. The predicted molar refractivity (Wildman–Crippen MR) is 58.2 cm³/mol. The maximum Gasteiger partial charge on any atom is 0.433 e. The second-order valence-electron chi connectivity index (χ2n) is 2.89. The number of halogens is 3. The van der Waals surface area contributed by atoms with Gasteiger partial charge >= 0.3 is 6.18 Å². The average molecular weight is 243 g/mol. The van der Waals surface area contributed by atoms with Gasteiger partial charge in [0.2, 0.25) is 0 Å². The lowest BCUT2D eigenvalue weighted by atomic mass is 10.2. The summed E-state index contributed by atoms with van der Waals surface area (Å²) in [6.07, 6.45) is -0.437. The van der Waals surface area contributed by atoms with Crippen LogP contribution < -0.4 is 0 Å². The third-order valence-corrected chi connectivity index (χ3v) is 1.86. The van der Waals surface area contributed by atoms with Crippen LogP contribution in [0.3, 0.4) is 0 Å². The lowest BCUT2D eigenvalue weighted by molar-refractivity contribution is -0.141. The second-order valence-corrected chi connectivity index (χ2v) is 2.89. The standard InChI is InChI=1S/C9H6F3N3.C2H6/c10-9(11,12)8-3-6(1-2-14-8)7-4-13-5-15-7;1-2/h1-5H,(H,13,15);1-2H3. The number of imidazole rings is 1. The van der Waals surface area contributed by atoms with E-state index >= 15 is 0 Å². The number of rotatable bonds is 1. The van der Waals surface area contributed by atoms with Gasteiger partial charge in [-0.2, -0.15) is 13.2 Å². The van der Waals surface area contributed by atoms with Crippen LogP contribution in [0.4, 0.5) is 13.2 Å². The molecule has 0 aliphatic carbocycles. The Morgan fingerprint density at radius 1 is 1.24 bits per heavy atom. The van der Waals surface area contributed by atoms with Crippen LogP contribution in [0.25, 0.3) is 11.3 Å². The summed E-state index contributed by atoms with van der Waals surface area (Å²) in [4.78, 5) is 9.72. The highest BCUT2D eigenvalue weighted by Gasteiger charge is 2.32. The topological polar surface area (TPSA) is 41.6 Å². The number of nitrogens with one attached hydrogen (secondary N) is 1. The molecule has 2 heterocycles. The largest absolute Gasteiger partial charge is 0.433 e. The van der Waals surface area contributed by atoms with Gasteiger partial charge in [0.25, 0.3) is 0 Å². The van der Waals surface area contributed by atoms with E-state index in [1.165, 1.54) is 18.6 Å². The zero-order valence-electron chi connectivity index (χ0n) is 9.42. The molecule has 3 nitrogen and oxygen atoms in total. The van der Waals surface area contributed by atoms with Gasteiger partial charge in [-0.1, -0.05) is 13.8 Å². The highest BCUT2D eigenvalue weighted by Crippen LogP contribution is 2.29. The van der Waals surface area contributed by atoms with Crippen molar-refractivity contribution in [2.45, 2.75) is 20.0 Å². The van der Waals surface area contributed by atoms with Gasteiger partial charge in [0, 0.05) is 11.8 Å². The molecular weight excluding hydrogens is 231 g/mol. The van der Waals surface area contributed by atoms with Gasteiger partial charge in [-0.25, -0.2) is 4.98 Å². The van der Waals surface area contributed by atoms with Gasteiger partial charge in [0.15, 0.2) is 0 Å². The van der Waals surface area contributed by atoms with E-state index in [0.29, 0.717) is 11.3 Å². The molecule has 0 radical (unpaired) electrons. The Hall–Kier alpha value is -1.85. The van der Waals surface area contributed by atoms with Crippen LogP contribution in [0.2, 0.25) is 0 Å². The van der Waals surface area contributed by atoms with Gasteiger partial charge in [-0.3, -0.25) is 4.98 Å². The molecule has 0 saturated carbocycles. The van der Waals surface area contributed by atoms with Crippen molar-refractivity contribution in [3.05, 3.63) is 36.5 Å². The molecule has 0 amide bonds. The minimum absolute atomic E-state index is 0.412. The average Bonchev–Trinajstić information content (AvgIpc) is 2.84. The molecular formula is C11H12F3N3. The second kappa shape index (κ2) is 5.47. The van der Waals surface area contributed by atoms with E-state index < -0.39 is 11.9 Å². The summed E-state index contributed by atoms with van der Waals surface area (Å²) in [6.45, 7) is 4.00. The molecule has 0 fully saturated rings. The van der Waals surface area contributed by atoms with Gasteiger partial charge in [-0.05, 0) is 12.1 Å². The molecule has 1 N–H and O–H groups in total. The van der Waals surface area contributed by atoms with Gasteiger partial charge in [0.05, 0.1) is 18.2 Å². The predicted octanol–water partition coefficient (Wildman–Crippen LogP) is 3.52. The Kier molecular flexibility index (Phi) is 4.25. The molecule has 0 aromatic carbocycles. The monoisotopic (exact) mass is 243 g/mol. The summed E-state index contributed by atoms with van der Waals surface area (Å²) in [5, 5.41) is 0. The Labute approximate surface area is 96.7 Å². The molecule has 0 unspecified atom stereocenters. The normalized spacial score (nSPS) is 10.6. The minimum atomic E-state index is -4.42. The van der Waals surface area contributed by atoms with Crippen LogP contribution >= 0.6 is 0 Å². The van der Waals surface area contributed by atoms with Crippen molar-refractivity contribution < 1.29 is 13.2 Å². The molecule has 0 aliphatic heterocycles. The fourth-order valence-electron chi connectivity index (χ4n) is 1.17. The van der Waals surface area contributed by atoms with Crippen LogP contribution in [0.15, 0.2) is 30.9 Å². The summed E-state index contributed by atoms with van der Waals surface area (Å²) >= 11 is 0. The Balaban J connectivity index is 0.000000686. The summed E-state index contributed by atoms with van der Waals surface area (Å²) in [7, 11) is 0. The van der Waals surface area contributed by atoms with Gasteiger partial charge < -0.3 is 4.98 Å². The van der Waals surface area contributed by atoms with Crippen LogP contribution in [0.1, 0.15) is 19.5 Å². The first-order valence-corrected chi connectivity index (χ1v) is 5.09. The number of H-pyrrole nitrogens is 1. The fraction of sp³-hybridized carbons (Fsp3) is 0.273. The van der Waals surface area contributed by atoms with Crippen molar-refractivity contribution in [1.29, 1.82) is 0 Å². The van der Waals surface area contributed by atoms with Crippen LogP contribution in [-0.4, -0.2) is 15.0 Å². The van der Waals surface area contributed by atoms with Gasteiger partial charge in [0.1, 0.15) is 5.69 Å². The van der Waals surface area contributed by atoms with E-state index in [0.717, 1.165) is 12.3 Å². The lowest BCUT2D eigenvalue weighted by Crippen LogP contribution is -2.07. The molecule has 17 heavy (non-hydrogen) atoms. The molecule has 0 spiro atoms. The first-order chi connectivity index (χ1) is 8.07. The van der Waals surface area contributed by atoms with E-state index in [1.807, 2.05) is 13.8 Å². The van der Waals surface area contributed by atoms with Crippen molar-refractivity contribution in [2.75, 3.05) is 0 Å². The molecule has 0 bridgehead atoms. The third-order valence-electron chi connectivity index (χ3n) is 1.86. The highest BCUT2D eigenvalue weighted by molar-refractivity contribution is 5.58.